The number of fused-ring (bicyclic) bond motifs is 2. The van der Waals surface area contributed by atoms with E-state index in [1.165, 1.54) is 0 Å². The molecule has 9 heteroatoms. The Labute approximate surface area is 178 Å². The smallest absolute Gasteiger partial charge is 0.228 e. The predicted molar refractivity (Wildman–Crippen MR) is 116 cm³/mol. The SMILES string of the molecule is C[C@]1(C(=O)N2CCCC2)C[C@@H](Nc2ncc3c(-c4ccc5nccn5n4)c[nH]c3n2)C1. The number of hydrogen-bond donors (Lipinski definition) is 2. The number of nitrogens with one attached hydrogen (secondary N) is 2. The van der Waals surface area contributed by atoms with Crippen molar-refractivity contribution in [3.8, 4) is 11.3 Å². The Balaban J connectivity index is 1.18. The third-order valence-corrected chi connectivity index (χ3v) is 6.60. The summed E-state index contributed by atoms with van der Waals surface area (Å²) in [6.45, 7) is 3.89. The van der Waals surface area contributed by atoms with Gasteiger partial charge in [-0.25, -0.2) is 14.5 Å². The highest BCUT2D eigenvalue weighted by molar-refractivity contribution is 5.92. The zero-order chi connectivity index (χ0) is 21.0. The molecule has 1 saturated carbocycles. The summed E-state index contributed by atoms with van der Waals surface area (Å²) in [4.78, 5) is 31.4. The fraction of sp³-hybridized carbons (Fsp3) is 0.409. The first-order valence-electron chi connectivity index (χ1n) is 10.8. The summed E-state index contributed by atoms with van der Waals surface area (Å²) in [5.74, 6) is 0.885. The van der Waals surface area contributed by atoms with E-state index in [1.54, 1.807) is 10.7 Å². The number of imidazole rings is 1. The molecular weight excluding hydrogens is 392 g/mol. The van der Waals surface area contributed by atoms with E-state index in [0.717, 1.165) is 66.7 Å². The number of H-pyrrole nitrogens is 1. The van der Waals surface area contributed by atoms with E-state index in [2.05, 4.69) is 37.3 Å². The quantitative estimate of drug-likeness (QED) is 0.530. The maximum Gasteiger partial charge on any atom is 0.228 e. The van der Waals surface area contributed by atoms with Crippen LogP contribution in [0.4, 0.5) is 5.95 Å². The molecule has 2 aliphatic rings. The minimum absolute atomic E-state index is 0.216. The minimum Gasteiger partial charge on any atom is -0.351 e. The molecule has 0 aromatic carbocycles. The topological polar surface area (TPSA) is 104 Å². The van der Waals surface area contributed by atoms with Crippen LogP contribution < -0.4 is 5.32 Å². The molecule has 0 unspecified atom stereocenters. The van der Waals surface area contributed by atoms with Gasteiger partial charge in [0.2, 0.25) is 11.9 Å². The van der Waals surface area contributed by atoms with Gasteiger partial charge in [-0.3, -0.25) is 4.79 Å². The van der Waals surface area contributed by atoms with Crippen molar-refractivity contribution in [3.63, 3.8) is 0 Å². The molecule has 2 fully saturated rings. The number of aromatic nitrogens is 6. The summed E-state index contributed by atoms with van der Waals surface area (Å²) >= 11 is 0. The second-order valence-electron chi connectivity index (χ2n) is 8.92. The van der Waals surface area contributed by atoms with Crippen LogP contribution in [-0.2, 0) is 4.79 Å². The largest absolute Gasteiger partial charge is 0.351 e. The Morgan fingerprint density at radius 2 is 2.06 bits per heavy atom. The van der Waals surface area contributed by atoms with Gasteiger partial charge in [0.25, 0.3) is 0 Å². The monoisotopic (exact) mass is 416 g/mol. The highest BCUT2D eigenvalue weighted by atomic mass is 16.2. The molecule has 1 aliphatic heterocycles. The van der Waals surface area contributed by atoms with Crippen LogP contribution in [0.2, 0.25) is 0 Å². The van der Waals surface area contributed by atoms with E-state index in [0.29, 0.717) is 11.9 Å². The van der Waals surface area contributed by atoms with Crippen molar-refractivity contribution >= 4 is 28.5 Å². The molecule has 6 rings (SSSR count). The van der Waals surface area contributed by atoms with Crippen LogP contribution >= 0.6 is 0 Å². The van der Waals surface area contributed by atoms with Crippen LogP contribution in [0.15, 0.2) is 36.9 Å². The normalized spacial score (nSPS) is 23.4. The molecule has 4 aromatic rings. The van der Waals surface area contributed by atoms with Gasteiger partial charge >= 0.3 is 0 Å². The van der Waals surface area contributed by atoms with Gasteiger partial charge in [0, 0.05) is 54.9 Å². The lowest BCUT2D eigenvalue weighted by Gasteiger charge is -2.45. The fourth-order valence-corrected chi connectivity index (χ4v) is 4.94. The summed E-state index contributed by atoms with van der Waals surface area (Å²) in [5.41, 5.74) is 3.08. The van der Waals surface area contributed by atoms with Crippen molar-refractivity contribution in [2.75, 3.05) is 18.4 Å². The van der Waals surface area contributed by atoms with Gasteiger partial charge in [-0.2, -0.15) is 10.1 Å². The molecular formula is C22H24N8O. The van der Waals surface area contributed by atoms with Gasteiger partial charge in [-0.05, 0) is 37.8 Å². The van der Waals surface area contributed by atoms with E-state index in [4.69, 9.17) is 0 Å². The van der Waals surface area contributed by atoms with Gasteiger partial charge in [0.15, 0.2) is 5.65 Å². The van der Waals surface area contributed by atoms with Crippen molar-refractivity contribution in [3.05, 3.63) is 36.9 Å². The zero-order valence-corrected chi connectivity index (χ0v) is 17.4. The van der Waals surface area contributed by atoms with Gasteiger partial charge < -0.3 is 15.2 Å². The number of amides is 1. The number of likely N-dealkylation sites (tertiary alicyclic amines) is 1. The summed E-state index contributed by atoms with van der Waals surface area (Å²) in [6, 6.07) is 4.10. The Morgan fingerprint density at radius 3 is 2.90 bits per heavy atom. The van der Waals surface area contributed by atoms with Gasteiger partial charge in [0.05, 0.1) is 11.1 Å². The predicted octanol–water partition coefficient (Wildman–Crippen LogP) is 2.87. The van der Waals surface area contributed by atoms with Crippen LogP contribution in [0.3, 0.4) is 0 Å². The van der Waals surface area contributed by atoms with Gasteiger partial charge in [-0.1, -0.05) is 6.92 Å². The maximum atomic E-state index is 12.8. The number of nitrogens with zero attached hydrogens (tertiary/aromatic N) is 6. The number of hydrogen-bond acceptors (Lipinski definition) is 6. The van der Waals surface area contributed by atoms with Gasteiger partial charge in [-0.15, -0.1) is 0 Å². The van der Waals surface area contributed by atoms with Crippen molar-refractivity contribution in [1.29, 1.82) is 0 Å². The fourth-order valence-electron chi connectivity index (χ4n) is 4.94. The Bertz CT molecular complexity index is 1280. The average Bonchev–Trinajstić information content (AvgIpc) is 3.51. The molecule has 0 atom stereocenters. The Morgan fingerprint density at radius 1 is 1.23 bits per heavy atom. The molecule has 158 valence electrons. The van der Waals surface area contributed by atoms with E-state index >= 15 is 0 Å². The first-order valence-corrected chi connectivity index (χ1v) is 10.8. The van der Waals surface area contributed by atoms with E-state index in [9.17, 15) is 4.79 Å². The Hall–Kier alpha value is -3.49. The van der Waals surface area contributed by atoms with E-state index in [-0.39, 0.29) is 11.5 Å². The van der Waals surface area contributed by atoms with E-state index < -0.39 is 0 Å². The average molecular weight is 416 g/mol. The van der Waals surface area contributed by atoms with Crippen LogP contribution in [-0.4, -0.2) is 59.5 Å². The van der Waals surface area contributed by atoms with Crippen LogP contribution in [0, 0.1) is 5.41 Å². The number of aromatic amines is 1. The second-order valence-corrected chi connectivity index (χ2v) is 8.92. The van der Waals surface area contributed by atoms with Crippen molar-refractivity contribution in [1.82, 2.24) is 34.4 Å². The summed E-state index contributed by atoms with van der Waals surface area (Å²) < 4.78 is 1.75. The molecule has 4 aromatic heterocycles. The summed E-state index contributed by atoms with van der Waals surface area (Å²) in [6.07, 6.45) is 11.2. The molecule has 5 heterocycles. The second kappa shape index (κ2) is 6.76. The maximum absolute atomic E-state index is 12.8. The van der Waals surface area contributed by atoms with Crippen LogP contribution in [0.25, 0.3) is 27.9 Å². The minimum atomic E-state index is -0.261. The van der Waals surface area contributed by atoms with Crippen molar-refractivity contribution < 1.29 is 4.79 Å². The first-order chi connectivity index (χ1) is 15.1. The number of rotatable bonds is 4. The molecule has 0 spiro atoms. The Kier molecular flexibility index (Phi) is 3.99. The first kappa shape index (κ1) is 18.3. The summed E-state index contributed by atoms with van der Waals surface area (Å²) in [7, 11) is 0. The molecule has 1 aliphatic carbocycles. The number of carbonyl (C=O) groups is 1. The highest BCUT2D eigenvalue weighted by Gasteiger charge is 2.48. The molecule has 1 saturated heterocycles. The molecule has 0 bridgehead atoms. The number of carbonyl (C=O) groups excluding carboxylic acids is 1. The lowest BCUT2D eigenvalue weighted by Crippen LogP contribution is -2.53. The molecule has 2 N–H and O–H groups in total. The third kappa shape index (κ3) is 3.03. The lowest BCUT2D eigenvalue weighted by atomic mass is 9.66. The lowest BCUT2D eigenvalue weighted by molar-refractivity contribution is -0.145. The van der Waals surface area contributed by atoms with Crippen molar-refractivity contribution in [2.45, 2.75) is 38.6 Å². The molecule has 1 amide bonds. The molecule has 31 heavy (non-hydrogen) atoms. The van der Waals surface area contributed by atoms with Crippen LogP contribution in [0.1, 0.15) is 32.6 Å². The summed E-state index contributed by atoms with van der Waals surface area (Å²) in [5, 5.41) is 8.93. The molecule has 9 nitrogen and oxygen atoms in total. The molecule has 0 radical (unpaired) electrons. The van der Waals surface area contributed by atoms with Gasteiger partial charge in [0.1, 0.15) is 5.65 Å². The van der Waals surface area contributed by atoms with Crippen molar-refractivity contribution in [2.24, 2.45) is 5.41 Å². The van der Waals surface area contributed by atoms with Crippen LogP contribution in [0.5, 0.6) is 0 Å². The highest BCUT2D eigenvalue weighted by Crippen LogP contribution is 2.44. The zero-order valence-electron chi connectivity index (χ0n) is 17.4. The third-order valence-electron chi connectivity index (χ3n) is 6.60. The van der Waals surface area contributed by atoms with E-state index in [1.807, 2.05) is 35.6 Å². The number of anilines is 1. The standard InChI is InChI=1S/C22H24N8O/c1-22(20(31)29-7-2-3-8-29)10-14(11-22)26-21-25-13-16-15(12-24-19(16)27-21)17-4-5-18-23-6-9-30(18)28-17/h4-6,9,12-14H,2-3,7-8,10-11H2,1H3,(H2,24,25,26,27)/t14-,22+.